The highest BCUT2D eigenvalue weighted by Gasteiger charge is 2.22. The Morgan fingerprint density at radius 3 is 2.64 bits per heavy atom. The quantitative estimate of drug-likeness (QED) is 0.821. The van der Waals surface area contributed by atoms with E-state index in [9.17, 15) is 14.7 Å². The molecule has 1 saturated heterocycles. The molecule has 1 aromatic carbocycles. The van der Waals surface area contributed by atoms with Crippen LogP contribution < -0.4 is 10.2 Å². The number of phenols is 1. The minimum Gasteiger partial charge on any atom is -0.508 e. The molecule has 1 aliphatic heterocycles. The van der Waals surface area contributed by atoms with Gasteiger partial charge in [-0.2, -0.15) is 0 Å². The normalized spacial score (nSPS) is 14.3. The van der Waals surface area contributed by atoms with Gasteiger partial charge >= 0.3 is 12.0 Å². The summed E-state index contributed by atoms with van der Waals surface area (Å²) in [7, 11) is 1.32. The Hall–Kier alpha value is -2.74. The second-order valence-corrected chi connectivity index (χ2v) is 6.53. The van der Waals surface area contributed by atoms with Gasteiger partial charge in [0.05, 0.1) is 17.7 Å². The first kappa shape index (κ1) is 17.1. The van der Waals surface area contributed by atoms with Crippen molar-refractivity contribution in [1.82, 2.24) is 4.90 Å². The average molecular weight is 361 g/mol. The number of nitrogens with zero attached hydrogens (tertiary/aromatic N) is 2. The van der Waals surface area contributed by atoms with Crippen molar-refractivity contribution in [3.8, 4) is 5.75 Å². The van der Waals surface area contributed by atoms with Gasteiger partial charge in [0.2, 0.25) is 0 Å². The number of phenolic OH excluding ortho intramolecular Hbond substituents is 1. The van der Waals surface area contributed by atoms with Crippen molar-refractivity contribution in [2.24, 2.45) is 0 Å². The number of urea groups is 1. The van der Waals surface area contributed by atoms with E-state index >= 15 is 0 Å². The summed E-state index contributed by atoms with van der Waals surface area (Å²) in [6.45, 7) is 2.54. The number of carbonyl (C=O) groups is 2. The van der Waals surface area contributed by atoms with Crippen LogP contribution in [0, 0.1) is 0 Å². The van der Waals surface area contributed by atoms with Crippen molar-refractivity contribution in [3.63, 3.8) is 0 Å². The summed E-state index contributed by atoms with van der Waals surface area (Å²) in [5.74, 6) is -0.187. The minimum atomic E-state index is -0.420. The fourth-order valence-corrected chi connectivity index (χ4v) is 3.43. The molecule has 0 spiro atoms. The SMILES string of the molecule is COC(=O)c1csc(NC(=O)N2CCN(c3cccc(O)c3)CC2)c1. The maximum Gasteiger partial charge on any atom is 0.338 e. The molecule has 2 amide bonds. The van der Waals surface area contributed by atoms with E-state index in [1.165, 1.54) is 18.4 Å². The molecule has 0 radical (unpaired) electrons. The lowest BCUT2D eigenvalue weighted by molar-refractivity contribution is 0.0601. The molecule has 132 valence electrons. The smallest absolute Gasteiger partial charge is 0.338 e. The topological polar surface area (TPSA) is 82.1 Å². The fraction of sp³-hybridized carbons (Fsp3) is 0.294. The second kappa shape index (κ2) is 7.43. The molecular weight excluding hydrogens is 342 g/mol. The number of esters is 1. The average Bonchev–Trinajstić information content (AvgIpc) is 3.09. The summed E-state index contributed by atoms with van der Waals surface area (Å²) in [5.41, 5.74) is 1.37. The van der Waals surface area contributed by atoms with Crippen LogP contribution in [0.1, 0.15) is 10.4 Å². The van der Waals surface area contributed by atoms with Crippen LogP contribution in [-0.4, -0.2) is 55.3 Å². The predicted molar refractivity (Wildman–Crippen MR) is 96.6 cm³/mol. The Morgan fingerprint density at radius 2 is 1.96 bits per heavy atom. The van der Waals surface area contributed by atoms with Gasteiger partial charge in [0.25, 0.3) is 0 Å². The number of anilines is 2. The van der Waals surface area contributed by atoms with Crippen molar-refractivity contribution in [2.75, 3.05) is 43.5 Å². The van der Waals surface area contributed by atoms with E-state index in [-0.39, 0.29) is 11.8 Å². The zero-order chi connectivity index (χ0) is 17.8. The number of carbonyl (C=O) groups excluding carboxylic acids is 2. The van der Waals surface area contributed by atoms with Gasteiger partial charge in [-0.25, -0.2) is 9.59 Å². The van der Waals surface area contributed by atoms with E-state index in [2.05, 4.69) is 15.0 Å². The van der Waals surface area contributed by atoms with Crippen molar-refractivity contribution in [1.29, 1.82) is 0 Å². The van der Waals surface area contributed by atoms with E-state index < -0.39 is 5.97 Å². The summed E-state index contributed by atoms with van der Waals surface area (Å²) in [4.78, 5) is 27.7. The Balaban J connectivity index is 1.55. The Bertz CT molecular complexity index is 769. The molecule has 0 saturated carbocycles. The van der Waals surface area contributed by atoms with Crippen molar-refractivity contribution < 1.29 is 19.4 Å². The molecule has 1 aromatic heterocycles. The van der Waals surface area contributed by atoms with Crippen molar-refractivity contribution >= 4 is 34.0 Å². The molecule has 3 rings (SSSR count). The summed E-state index contributed by atoms with van der Waals surface area (Å²) in [6, 6.07) is 8.52. The number of hydrogen-bond acceptors (Lipinski definition) is 6. The Kier molecular flexibility index (Phi) is 5.08. The molecule has 8 heteroatoms. The molecule has 0 atom stereocenters. The number of hydrogen-bond donors (Lipinski definition) is 2. The number of methoxy groups -OCH3 is 1. The van der Waals surface area contributed by atoms with Crippen LogP contribution in [0.4, 0.5) is 15.5 Å². The molecule has 2 heterocycles. The zero-order valence-electron chi connectivity index (χ0n) is 13.8. The lowest BCUT2D eigenvalue weighted by Gasteiger charge is -2.36. The summed E-state index contributed by atoms with van der Waals surface area (Å²) < 4.78 is 4.65. The van der Waals surface area contributed by atoms with E-state index in [0.29, 0.717) is 36.7 Å². The van der Waals surface area contributed by atoms with Crippen LogP contribution in [0.5, 0.6) is 5.75 Å². The molecule has 1 aliphatic rings. The molecule has 2 N–H and O–H groups in total. The number of amides is 2. The first-order valence-electron chi connectivity index (χ1n) is 7.83. The predicted octanol–water partition coefficient (Wildman–Crippen LogP) is 2.59. The first-order valence-corrected chi connectivity index (χ1v) is 8.71. The van der Waals surface area contributed by atoms with E-state index in [1.807, 2.05) is 6.07 Å². The minimum absolute atomic E-state index is 0.186. The number of ether oxygens (including phenoxy) is 1. The summed E-state index contributed by atoms with van der Waals surface area (Å²) in [6.07, 6.45) is 0. The van der Waals surface area contributed by atoms with Crippen LogP contribution >= 0.6 is 11.3 Å². The summed E-state index contributed by atoms with van der Waals surface area (Å²) in [5, 5.41) is 14.7. The molecule has 1 fully saturated rings. The van der Waals surface area contributed by atoms with E-state index in [4.69, 9.17) is 0 Å². The molecule has 0 unspecified atom stereocenters. The highest BCUT2D eigenvalue weighted by Crippen LogP contribution is 2.23. The van der Waals surface area contributed by atoms with Gasteiger partial charge in [-0.05, 0) is 18.2 Å². The molecule has 0 bridgehead atoms. The molecule has 0 aliphatic carbocycles. The van der Waals surface area contributed by atoms with Gasteiger partial charge in [-0.15, -0.1) is 11.3 Å². The lowest BCUT2D eigenvalue weighted by Crippen LogP contribution is -2.50. The van der Waals surface area contributed by atoms with Gasteiger partial charge in [0.1, 0.15) is 5.75 Å². The maximum absolute atomic E-state index is 12.4. The lowest BCUT2D eigenvalue weighted by atomic mass is 10.2. The van der Waals surface area contributed by atoms with Crippen molar-refractivity contribution in [2.45, 2.75) is 0 Å². The van der Waals surface area contributed by atoms with E-state index in [1.54, 1.807) is 34.5 Å². The number of thiophene rings is 1. The second-order valence-electron chi connectivity index (χ2n) is 5.62. The first-order chi connectivity index (χ1) is 12.1. The van der Waals surface area contributed by atoms with Gasteiger partial charge in [0.15, 0.2) is 0 Å². The number of nitrogens with one attached hydrogen (secondary N) is 1. The monoisotopic (exact) mass is 361 g/mol. The van der Waals surface area contributed by atoms with Crippen LogP contribution in [0.25, 0.3) is 0 Å². The van der Waals surface area contributed by atoms with Gasteiger partial charge in [0, 0.05) is 43.3 Å². The highest BCUT2D eigenvalue weighted by atomic mass is 32.1. The third-order valence-corrected chi connectivity index (χ3v) is 4.86. The third-order valence-electron chi connectivity index (χ3n) is 4.01. The number of benzene rings is 1. The number of aromatic hydroxyl groups is 1. The van der Waals surface area contributed by atoms with E-state index in [0.717, 1.165) is 5.69 Å². The molecular formula is C17H19N3O4S. The van der Waals surface area contributed by atoms with Crippen LogP contribution in [0.2, 0.25) is 0 Å². The zero-order valence-corrected chi connectivity index (χ0v) is 14.6. The highest BCUT2D eigenvalue weighted by molar-refractivity contribution is 7.14. The fourth-order valence-electron chi connectivity index (χ4n) is 2.67. The Labute approximate surface area is 149 Å². The molecule has 7 nitrogen and oxygen atoms in total. The molecule has 25 heavy (non-hydrogen) atoms. The van der Waals surface area contributed by atoms with Crippen molar-refractivity contribution in [3.05, 3.63) is 41.3 Å². The van der Waals surface area contributed by atoms with Crippen LogP contribution in [0.3, 0.4) is 0 Å². The summed E-state index contributed by atoms with van der Waals surface area (Å²) >= 11 is 1.29. The van der Waals surface area contributed by atoms with Gasteiger partial charge in [-0.1, -0.05) is 6.07 Å². The molecule has 2 aromatic rings. The Morgan fingerprint density at radius 1 is 1.20 bits per heavy atom. The number of rotatable bonds is 3. The van der Waals surface area contributed by atoms with Crippen LogP contribution in [0.15, 0.2) is 35.7 Å². The van der Waals surface area contributed by atoms with Crippen LogP contribution in [-0.2, 0) is 4.74 Å². The van der Waals surface area contributed by atoms with Gasteiger partial charge < -0.3 is 19.6 Å². The standard InChI is InChI=1S/C17H19N3O4S/c1-24-16(22)12-9-15(25-11-12)18-17(23)20-7-5-19(6-8-20)13-3-2-4-14(21)10-13/h2-4,9-11,21H,5-8H2,1H3,(H,18,23). The maximum atomic E-state index is 12.4. The van der Waals surface area contributed by atoms with Gasteiger partial charge in [-0.3, -0.25) is 5.32 Å². The third kappa shape index (κ3) is 4.03. The number of piperazine rings is 1. The largest absolute Gasteiger partial charge is 0.508 e.